The van der Waals surface area contributed by atoms with Crippen molar-refractivity contribution in [1.82, 2.24) is 10.6 Å². The van der Waals surface area contributed by atoms with Crippen LogP contribution >= 0.6 is 0 Å². The van der Waals surface area contributed by atoms with Gasteiger partial charge in [0.05, 0.1) is 12.0 Å². The van der Waals surface area contributed by atoms with E-state index in [2.05, 4.69) is 10.6 Å². The van der Waals surface area contributed by atoms with E-state index in [1.54, 1.807) is 7.11 Å². The number of hydrogen-bond donors (Lipinski definition) is 2. The van der Waals surface area contributed by atoms with E-state index in [-0.39, 0.29) is 11.3 Å². The number of carbonyl (C=O) groups excluding carboxylic acids is 1. The first kappa shape index (κ1) is 14.8. The van der Waals surface area contributed by atoms with Crippen LogP contribution in [0.5, 0.6) is 0 Å². The minimum absolute atomic E-state index is 0.203. The highest BCUT2D eigenvalue weighted by atomic mass is 16.5. The third-order valence-corrected chi connectivity index (χ3v) is 4.78. The summed E-state index contributed by atoms with van der Waals surface area (Å²) in [7, 11) is 1.69. The number of amides is 1. The van der Waals surface area contributed by atoms with Crippen LogP contribution in [0.1, 0.15) is 44.9 Å². The Hall–Kier alpha value is -0.610. The summed E-state index contributed by atoms with van der Waals surface area (Å²) in [5.41, 5.74) is -0.296. The van der Waals surface area contributed by atoms with Crippen LogP contribution in [0.3, 0.4) is 0 Å². The Kier molecular flexibility index (Phi) is 5.64. The number of nitrogens with one attached hydrogen (secondary N) is 2. The van der Waals surface area contributed by atoms with E-state index in [1.807, 2.05) is 0 Å². The van der Waals surface area contributed by atoms with Crippen molar-refractivity contribution in [3.05, 3.63) is 0 Å². The first-order valence-corrected chi connectivity index (χ1v) is 7.75. The Labute approximate surface area is 116 Å². The van der Waals surface area contributed by atoms with E-state index in [9.17, 15) is 4.79 Å². The Morgan fingerprint density at radius 1 is 1.32 bits per heavy atom. The molecule has 0 atom stereocenters. The van der Waals surface area contributed by atoms with Crippen LogP contribution in [0, 0.1) is 11.3 Å². The second-order valence-corrected chi connectivity index (χ2v) is 6.16. The molecule has 0 aromatic rings. The summed E-state index contributed by atoms with van der Waals surface area (Å²) in [5.74, 6) is 1.04. The maximum atomic E-state index is 12.5. The van der Waals surface area contributed by atoms with Crippen molar-refractivity contribution in [2.75, 3.05) is 33.4 Å². The highest BCUT2D eigenvalue weighted by Crippen LogP contribution is 2.30. The molecule has 1 aliphatic carbocycles. The van der Waals surface area contributed by atoms with Gasteiger partial charge in [-0.05, 0) is 38.3 Å². The lowest BCUT2D eigenvalue weighted by Gasteiger charge is -2.35. The largest absolute Gasteiger partial charge is 0.384 e. The van der Waals surface area contributed by atoms with Crippen LogP contribution in [0.25, 0.3) is 0 Å². The highest BCUT2D eigenvalue weighted by molar-refractivity contribution is 5.82. The molecule has 1 saturated carbocycles. The standard InChI is InChI=1S/C15H28N2O2/c1-19-12-15(7-10-16-11-8-15)14(18)17-9-6-13-4-2-3-5-13/h13,16H,2-12H2,1H3,(H,17,18). The van der Waals surface area contributed by atoms with Gasteiger partial charge in [0.25, 0.3) is 0 Å². The second kappa shape index (κ2) is 7.25. The molecule has 19 heavy (non-hydrogen) atoms. The van der Waals surface area contributed by atoms with E-state index in [4.69, 9.17) is 4.74 Å². The number of carbonyl (C=O) groups is 1. The predicted molar refractivity (Wildman–Crippen MR) is 76.0 cm³/mol. The maximum absolute atomic E-state index is 12.5. The van der Waals surface area contributed by atoms with Crippen molar-refractivity contribution in [1.29, 1.82) is 0 Å². The molecule has 0 spiro atoms. The molecule has 0 aromatic heterocycles. The van der Waals surface area contributed by atoms with Gasteiger partial charge in [0, 0.05) is 13.7 Å². The number of rotatable bonds is 6. The van der Waals surface area contributed by atoms with Crippen molar-refractivity contribution in [2.24, 2.45) is 11.3 Å². The van der Waals surface area contributed by atoms with Gasteiger partial charge in [-0.15, -0.1) is 0 Å². The van der Waals surface area contributed by atoms with Crippen molar-refractivity contribution in [2.45, 2.75) is 44.9 Å². The van der Waals surface area contributed by atoms with Gasteiger partial charge in [0.1, 0.15) is 0 Å². The quantitative estimate of drug-likeness (QED) is 0.771. The molecule has 0 radical (unpaired) electrons. The molecule has 0 bridgehead atoms. The third-order valence-electron chi connectivity index (χ3n) is 4.78. The molecule has 110 valence electrons. The number of methoxy groups -OCH3 is 1. The van der Waals surface area contributed by atoms with Gasteiger partial charge < -0.3 is 15.4 Å². The summed E-state index contributed by atoms with van der Waals surface area (Å²) in [5, 5.41) is 6.48. The lowest BCUT2D eigenvalue weighted by molar-refractivity contribution is -0.136. The van der Waals surface area contributed by atoms with Crippen molar-refractivity contribution >= 4 is 5.91 Å². The summed E-state index contributed by atoms with van der Waals surface area (Å²) in [4.78, 5) is 12.5. The fourth-order valence-corrected chi connectivity index (χ4v) is 3.49. The average molecular weight is 268 g/mol. The van der Waals surface area contributed by atoms with Crippen LogP contribution in [-0.4, -0.2) is 39.3 Å². The third kappa shape index (κ3) is 3.93. The molecule has 2 rings (SSSR count). The number of ether oxygens (including phenoxy) is 1. The summed E-state index contributed by atoms with van der Waals surface area (Å²) in [6.45, 7) is 3.21. The molecule has 0 aromatic carbocycles. The van der Waals surface area contributed by atoms with Crippen molar-refractivity contribution in [3.63, 3.8) is 0 Å². The normalized spacial score (nSPS) is 23.4. The summed E-state index contributed by atoms with van der Waals surface area (Å²) >= 11 is 0. The van der Waals surface area contributed by atoms with Gasteiger partial charge in [-0.1, -0.05) is 25.7 Å². The van der Waals surface area contributed by atoms with Gasteiger partial charge in [0.15, 0.2) is 0 Å². The second-order valence-electron chi connectivity index (χ2n) is 6.16. The van der Waals surface area contributed by atoms with E-state index in [0.29, 0.717) is 6.61 Å². The molecule has 1 aliphatic heterocycles. The van der Waals surface area contributed by atoms with E-state index >= 15 is 0 Å². The molecule has 1 saturated heterocycles. The Morgan fingerprint density at radius 3 is 2.63 bits per heavy atom. The molecule has 2 N–H and O–H groups in total. The lowest BCUT2D eigenvalue weighted by atomic mass is 9.78. The number of hydrogen-bond acceptors (Lipinski definition) is 3. The SMILES string of the molecule is COCC1(C(=O)NCCC2CCCC2)CCNCC1. The number of piperidine rings is 1. The zero-order valence-electron chi connectivity index (χ0n) is 12.2. The van der Waals surface area contributed by atoms with Crippen LogP contribution in [0.4, 0.5) is 0 Å². The highest BCUT2D eigenvalue weighted by Gasteiger charge is 2.39. The zero-order chi connectivity index (χ0) is 13.6. The molecule has 1 heterocycles. The monoisotopic (exact) mass is 268 g/mol. The van der Waals surface area contributed by atoms with Crippen molar-refractivity contribution in [3.8, 4) is 0 Å². The Balaban J connectivity index is 1.78. The van der Waals surface area contributed by atoms with Gasteiger partial charge in [-0.3, -0.25) is 4.79 Å². The van der Waals surface area contributed by atoms with Gasteiger partial charge in [-0.2, -0.15) is 0 Å². The molecule has 4 heteroatoms. The van der Waals surface area contributed by atoms with E-state index < -0.39 is 0 Å². The van der Waals surface area contributed by atoms with Crippen LogP contribution in [-0.2, 0) is 9.53 Å². The Morgan fingerprint density at radius 2 is 2.00 bits per heavy atom. The topological polar surface area (TPSA) is 50.4 Å². The molecule has 0 unspecified atom stereocenters. The first-order valence-electron chi connectivity index (χ1n) is 7.75. The molecule has 2 aliphatic rings. The summed E-state index contributed by atoms with van der Waals surface area (Å²) < 4.78 is 5.30. The summed E-state index contributed by atoms with van der Waals surface area (Å²) in [6, 6.07) is 0. The van der Waals surface area contributed by atoms with Crippen molar-refractivity contribution < 1.29 is 9.53 Å². The minimum atomic E-state index is -0.296. The minimum Gasteiger partial charge on any atom is -0.384 e. The van der Waals surface area contributed by atoms with Crippen LogP contribution < -0.4 is 10.6 Å². The fraction of sp³-hybridized carbons (Fsp3) is 0.933. The molecule has 2 fully saturated rings. The van der Waals surface area contributed by atoms with Crippen LogP contribution in [0.2, 0.25) is 0 Å². The average Bonchev–Trinajstić information content (AvgIpc) is 2.93. The van der Waals surface area contributed by atoms with Gasteiger partial charge >= 0.3 is 0 Å². The first-order chi connectivity index (χ1) is 9.27. The van der Waals surface area contributed by atoms with Gasteiger partial charge in [0.2, 0.25) is 5.91 Å². The smallest absolute Gasteiger partial charge is 0.228 e. The predicted octanol–water partition coefficient (Wildman–Crippen LogP) is 1.70. The zero-order valence-corrected chi connectivity index (χ0v) is 12.2. The molecular weight excluding hydrogens is 240 g/mol. The Bertz CT molecular complexity index is 276. The molecular formula is C15H28N2O2. The van der Waals surface area contributed by atoms with E-state index in [1.165, 1.54) is 25.7 Å². The van der Waals surface area contributed by atoms with Crippen LogP contribution in [0.15, 0.2) is 0 Å². The molecule has 4 nitrogen and oxygen atoms in total. The maximum Gasteiger partial charge on any atom is 0.228 e. The fourth-order valence-electron chi connectivity index (χ4n) is 3.49. The lowest BCUT2D eigenvalue weighted by Crippen LogP contribution is -2.50. The van der Waals surface area contributed by atoms with Gasteiger partial charge in [-0.25, -0.2) is 0 Å². The molecule has 1 amide bonds. The summed E-state index contributed by atoms with van der Waals surface area (Å²) in [6.07, 6.45) is 8.36. The van der Waals surface area contributed by atoms with E-state index in [0.717, 1.165) is 44.8 Å².